The highest BCUT2D eigenvalue weighted by Gasteiger charge is 2.38. The average molecular weight is 616 g/mol. The molecule has 0 atom stereocenters. The molecule has 0 bridgehead atoms. The molecular weight excluding hydrogens is 583 g/mol. The zero-order valence-electron chi connectivity index (χ0n) is 26.9. The van der Waals surface area contributed by atoms with Gasteiger partial charge in [0, 0.05) is 33.2 Å². The van der Waals surface area contributed by atoms with Crippen LogP contribution >= 0.6 is 0 Å². The minimum Gasteiger partial charge on any atom is -0.309 e. The van der Waals surface area contributed by atoms with E-state index in [4.69, 9.17) is 9.97 Å². The van der Waals surface area contributed by atoms with E-state index in [-0.39, 0.29) is 5.41 Å². The van der Waals surface area contributed by atoms with Gasteiger partial charge in [-0.15, -0.1) is 0 Å². The van der Waals surface area contributed by atoms with Gasteiger partial charge in [0.15, 0.2) is 5.82 Å². The second-order valence-electron chi connectivity index (χ2n) is 13.0. The molecule has 0 saturated carbocycles. The average Bonchev–Trinajstić information content (AvgIpc) is 3.38. The summed E-state index contributed by atoms with van der Waals surface area (Å²) in [5.41, 5.74) is 12.2. The number of nitrogens with zero attached hydrogens (tertiary/aromatic N) is 3. The highest BCUT2D eigenvalue weighted by molar-refractivity contribution is 6.00. The molecule has 0 spiro atoms. The summed E-state index contributed by atoms with van der Waals surface area (Å²) in [7, 11) is 0. The van der Waals surface area contributed by atoms with E-state index >= 15 is 0 Å². The molecule has 7 aromatic carbocycles. The SMILES string of the molecule is CC1(C)c2ccccc2-c2c(N(c3ccc4ccccc4c3)c3ccccc3-c3nc(-c4ccccc4)c4ccccc4n3)cccc21. The van der Waals surface area contributed by atoms with Gasteiger partial charge in [-0.25, -0.2) is 9.97 Å². The van der Waals surface area contributed by atoms with Gasteiger partial charge in [0.2, 0.25) is 0 Å². The van der Waals surface area contributed by atoms with Gasteiger partial charge in [0.1, 0.15) is 0 Å². The molecule has 0 unspecified atom stereocenters. The molecule has 48 heavy (non-hydrogen) atoms. The van der Waals surface area contributed by atoms with Crippen LogP contribution in [0.1, 0.15) is 25.0 Å². The second-order valence-corrected chi connectivity index (χ2v) is 13.0. The maximum atomic E-state index is 5.32. The third-order valence-corrected chi connectivity index (χ3v) is 9.85. The summed E-state index contributed by atoms with van der Waals surface area (Å²) in [6.07, 6.45) is 0. The Kier molecular flexibility index (Phi) is 6.48. The first-order valence-corrected chi connectivity index (χ1v) is 16.5. The van der Waals surface area contributed by atoms with Crippen LogP contribution in [0.2, 0.25) is 0 Å². The number of hydrogen-bond acceptors (Lipinski definition) is 3. The second kappa shape index (κ2) is 11.0. The van der Waals surface area contributed by atoms with E-state index in [9.17, 15) is 0 Å². The van der Waals surface area contributed by atoms with Crippen LogP contribution in [0.5, 0.6) is 0 Å². The maximum Gasteiger partial charge on any atom is 0.162 e. The van der Waals surface area contributed by atoms with Crippen molar-refractivity contribution >= 4 is 38.7 Å². The lowest BCUT2D eigenvalue weighted by atomic mass is 9.82. The van der Waals surface area contributed by atoms with Gasteiger partial charge >= 0.3 is 0 Å². The van der Waals surface area contributed by atoms with Crippen molar-refractivity contribution in [2.45, 2.75) is 19.3 Å². The maximum absolute atomic E-state index is 5.32. The Bertz CT molecular complexity index is 2500. The van der Waals surface area contributed by atoms with Gasteiger partial charge in [-0.2, -0.15) is 0 Å². The van der Waals surface area contributed by atoms with E-state index < -0.39 is 0 Å². The van der Waals surface area contributed by atoms with Crippen molar-refractivity contribution in [2.75, 3.05) is 4.90 Å². The molecule has 0 amide bonds. The third kappa shape index (κ3) is 4.43. The van der Waals surface area contributed by atoms with Crippen LogP contribution in [0.3, 0.4) is 0 Å². The van der Waals surface area contributed by atoms with Crippen LogP contribution in [0.15, 0.2) is 164 Å². The summed E-state index contributed by atoms with van der Waals surface area (Å²) in [4.78, 5) is 12.9. The largest absolute Gasteiger partial charge is 0.309 e. The van der Waals surface area contributed by atoms with Crippen molar-refractivity contribution in [1.82, 2.24) is 9.97 Å². The van der Waals surface area contributed by atoms with Crippen LogP contribution in [-0.4, -0.2) is 9.97 Å². The number of hydrogen-bond donors (Lipinski definition) is 0. The van der Waals surface area contributed by atoms with E-state index in [2.05, 4.69) is 170 Å². The molecule has 0 aliphatic heterocycles. The minimum absolute atomic E-state index is 0.122. The fraction of sp³-hybridized carbons (Fsp3) is 0.0667. The van der Waals surface area contributed by atoms with Crippen LogP contribution < -0.4 is 4.90 Å². The summed E-state index contributed by atoms with van der Waals surface area (Å²) >= 11 is 0. The Morgan fingerprint density at radius 2 is 1.17 bits per heavy atom. The first kappa shape index (κ1) is 28.2. The predicted molar refractivity (Wildman–Crippen MR) is 200 cm³/mol. The first-order chi connectivity index (χ1) is 23.6. The van der Waals surface area contributed by atoms with Crippen LogP contribution in [0.4, 0.5) is 17.1 Å². The van der Waals surface area contributed by atoms with E-state index in [0.29, 0.717) is 5.82 Å². The highest BCUT2D eigenvalue weighted by Crippen LogP contribution is 2.54. The van der Waals surface area contributed by atoms with Crippen molar-refractivity contribution in [3.05, 3.63) is 175 Å². The monoisotopic (exact) mass is 615 g/mol. The molecule has 0 saturated heterocycles. The fourth-order valence-corrected chi connectivity index (χ4v) is 7.52. The summed E-state index contributed by atoms with van der Waals surface area (Å²) in [5.74, 6) is 0.697. The Hall–Kier alpha value is -6.06. The topological polar surface area (TPSA) is 29.0 Å². The number of rotatable bonds is 5. The van der Waals surface area contributed by atoms with Crippen LogP contribution in [0.25, 0.3) is 55.4 Å². The molecule has 0 radical (unpaired) electrons. The zero-order valence-corrected chi connectivity index (χ0v) is 26.9. The summed E-state index contributed by atoms with van der Waals surface area (Å²) < 4.78 is 0. The van der Waals surface area contributed by atoms with E-state index in [0.717, 1.165) is 44.8 Å². The van der Waals surface area contributed by atoms with Gasteiger partial charge in [-0.05, 0) is 63.9 Å². The fourth-order valence-electron chi connectivity index (χ4n) is 7.52. The Morgan fingerprint density at radius 1 is 0.500 bits per heavy atom. The lowest BCUT2D eigenvalue weighted by Crippen LogP contribution is -2.16. The van der Waals surface area contributed by atoms with E-state index in [1.165, 1.54) is 33.0 Å². The lowest BCUT2D eigenvalue weighted by Gasteiger charge is -2.30. The normalized spacial score (nSPS) is 13.0. The standard InChI is InChI=1S/C45H33N3/c1-45(2)37-22-11-8-19-34(37)42-38(45)23-14-26-41(42)48(33-28-27-30-15-6-7-18-32(30)29-33)40-25-13-10-21-36(40)44-46-39-24-12-9-20-35(39)43(47-44)31-16-4-3-5-17-31/h3-29H,1-2H3. The molecule has 1 aromatic heterocycles. The van der Waals surface area contributed by atoms with Gasteiger partial charge in [-0.1, -0.05) is 141 Å². The molecule has 1 aliphatic rings. The quantitative estimate of drug-likeness (QED) is 0.193. The van der Waals surface area contributed by atoms with Crippen LogP contribution in [0, 0.1) is 0 Å². The molecule has 1 heterocycles. The predicted octanol–water partition coefficient (Wildman–Crippen LogP) is 11.9. The van der Waals surface area contributed by atoms with Crippen molar-refractivity contribution < 1.29 is 0 Å². The minimum atomic E-state index is -0.122. The molecular formula is C45H33N3. The molecule has 228 valence electrons. The first-order valence-electron chi connectivity index (χ1n) is 16.5. The van der Waals surface area contributed by atoms with Gasteiger partial charge in [0.05, 0.1) is 22.6 Å². The molecule has 0 N–H and O–H groups in total. The number of aromatic nitrogens is 2. The number of benzene rings is 7. The zero-order chi connectivity index (χ0) is 32.2. The summed E-state index contributed by atoms with van der Waals surface area (Å²) in [5, 5.41) is 3.44. The molecule has 3 heteroatoms. The lowest BCUT2D eigenvalue weighted by molar-refractivity contribution is 0.660. The highest BCUT2D eigenvalue weighted by atomic mass is 15.2. The van der Waals surface area contributed by atoms with Crippen molar-refractivity contribution in [3.8, 4) is 33.8 Å². The molecule has 0 fully saturated rings. The Morgan fingerprint density at radius 3 is 2.04 bits per heavy atom. The van der Waals surface area contributed by atoms with Crippen molar-refractivity contribution in [2.24, 2.45) is 0 Å². The molecule has 3 nitrogen and oxygen atoms in total. The Labute approximate surface area is 280 Å². The van der Waals surface area contributed by atoms with Crippen LogP contribution in [-0.2, 0) is 5.41 Å². The molecule has 8 aromatic rings. The van der Waals surface area contributed by atoms with Gasteiger partial charge in [0.25, 0.3) is 0 Å². The van der Waals surface area contributed by atoms with Gasteiger partial charge in [-0.3, -0.25) is 0 Å². The number of para-hydroxylation sites is 2. The van der Waals surface area contributed by atoms with Crippen molar-refractivity contribution in [3.63, 3.8) is 0 Å². The summed E-state index contributed by atoms with van der Waals surface area (Å²) in [6.45, 7) is 4.67. The molecule has 9 rings (SSSR count). The smallest absolute Gasteiger partial charge is 0.162 e. The number of fused-ring (bicyclic) bond motifs is 5. The van der Waals surface area contributed by atoms with E-state index in [1.54, 1.807) is 0 Å². The third-order valence-electron chi connectivity index (χ3n) is 9.85. The van der Waals surface area contributed by atoms with E-state index in [1.807, 2.05) is 12.1 Å². The summed E-state index contributed by atoms with van der Waals surface area (Å²) in [6, 6.07) is 58.2. The van der Waals surface area contributed by atoms with Crippen molar-refractivity contribution in [1.29, 1.82) is 0 Å². The van der Waals surface area contributed by atoms with Gasteiger partial charge < -0.3 is 4.90 Å². The number of anilines is 3. The Balaban J connectivity index is 1.34. The molecule has 1 aliphatic carbocycles.